The summed E-state index contributed by atoms with van der Waals surface area (Å²) < 4.78 is 6.77. The van der Waals surface area contributed by atoms with Gasteiger partial charge in [-0.15, -0.1) is 0 Å². The molecule has 6 heteroatoms. The first-order valence-electron chi connectivity index (χ1n) is 7.45. The van der Waals surface area contributed by atoms with Gasteiger partial charge in [-0.1, -0.05) is 6.07 Å². The lowest BCUT2D eigenvalue weighted by molar-refractivity contribution is -0.0298. The number of methoxy groups -OCH3 is 1. The lowest BCUT2D eigenvalue weighted by Gasteiger charge is -2.36. The molecule has 0 saturated carbocycles. The predicted octanol–water partition coefficient (Wildman–Crippen LogP) is 0.862. The van der Waals surface area contributed by atoms with Gasteiger partial charge in [0, 0.05) is 13.1 Å². The fourth-order valence-electron chi connectivity index (χ4n) is 2.96. The minimum absolute atomic E-state index is 0.171. The maximum atomic E-state index is 12.7. The van der Waals surface area contributed by atoms with Gasteiger partial charge in [-0.2, -0.15) is 0 Å². The highest BCUT2D eigenvalue weighted by Crippen LogP contribution is 2.24. The summed E-state index contributed by atoms with van der Waals surface area (Å²) in [5, 5.41) is 11.2. The highest BCUT2D eigenvalue weighted by Gasteiger charge is 2.32. The van der Waals surface area contributed by atoms with Crippen LogP contribution in [0.2, 0.25) is 0 Å². The molecule has 1 fully saturated rings. The van der Waals surface area contributed by atoms with E-state index in [1.165, 1.54) is 18.0 Å². The van der Waals surface area contributed by atoms with E-state index in [-0.39, 0.29) is 12.1 Å². The van der Waals surface area contributed by atoms with Crippen molar-refractivity contribution in [3.63, 3.8) is 0 Å². The summed E-state index contributed by atoms with van der Waals surface area (Å²) in [7, 11) is 3.57. The fraction of sp³-hybridized carbons (Fsp3) is 0.500. The highest BCUT2D eigenvalue weighted by atomic mass is 16.5. The first kappa shape index (κ1) is 15.0. The molecule has 0 spiro atoms. The molecule has 22 heavy (non-hydrogen) atoms. The van der Waals surface area contributed by atoms with Crippen LogP contribution in [0.5, 0.6) is 5.75 Å². The molecule has 6 nitrogen and oxygen atoms in total. The minimum atomic E-state index is -0.853. The molecule has 3 rings (SSSR count). The second-order valence-electron chi connectivity index (χ2n) is 6.06. The van der Waals surface area contributed by atoms with E-state index < -0.39 is 5.60 Å². The van der Waals surface area contributed by atoms with Crippen molar-refractivity contribution in [3.05, 3.63) is 34.9 Å². The number of aliphatic hydroxyl groups is 1. The second kappa shape index (κ2) is 5.70. The zero-order valence-electron chi connectivity index (χ0n) is 13.0. The van der Waals surface area contributed by atoms with E-state index in [1.807, 2.05) is 13.1 Å². The van der Waals surface area contributed by atoms with E-state index in [9.17, 15) is 9.90 Å². The first-order chi connectivity index (χ1) is 10.5. The Hall–Kier alpha value is -1.92. The number of aromatic nitrogens is 2. The van der Waals surface area contributed by atoms with E-state index in [0.29, 0.717) is 29.5 Å². The van der Waals surface area contributed by atoms with Gasteiger partial charge in [0.1, 0.15) is 11.1 Å². The third-order valence-electron chi connectivity index (χ3n) is 4.42. The number of benzene rings is 1. The Labute approximate surface area is 129 Å². The second-order valence-corrected chi connectivity index (χ2v) is 6.06. The number of likely N-dealkylation sites (tertiary alicyclic amines) is 1. The standard InChI is InChI=1S/C16H21N3O3/c1-18-8-6-16(21,7-9-18)10-19-11-17-12-4-3-5-13(22-2)14(12)15(19)20/h3-5,11,21H,6-10H2,1-2H3. The normalized spacial score (nSPS) is 18.5. The molecule has 1 N–H and O–H groups in total. The minimum Gasteiger partial charge on any atom is -0.496 e. The molecule has 2 aromatic rings. The topological polar surface area (TPSA) is 67.6 Å². The van der Waals surface area contributed by atoms with Gasteiger partial charge in [-0.3, -0.25) is 9.36 Å². The Balaban J connectivity index is 1.98. The molecule has 0 unspecified atom stereocenters. The van der Waals surface area contributed by atoms with Crippen molar-refractivity contribution in [3.8, 4) is 5.75 Å². The number of rotatable bonds is 3. The maximum absolute atomic E-state index is 12.7. The molecule has 118 valence electrons. The zero-order valence-corrected chi connectivity index (χ0v) is 13.0. The molecular weight excluding hydrogens is 282 g/mol. The monoisotopic (exact) mass is 303 g/mol. The van der Waals surface area contributed by atoms with Crippen LogP contribution in [0.15, 0.2) is 29.3 Å². The summed E-state index contributed by atoms with van der Waals surface area (Å²) >= 11 is 0. The van der Waals surface area contributed by atoms with Crippen molar-refractivity contribution in [1.82, 2.24) is 14.5 Å². The van der Waals surface area contributed by atoms with Crippen LogP contribution in [0.25, 0.3) is 10.9 Å². The van der Waals surface area contributed by atoms with Crippen LogP contribution in [0.4, 0.5) is 0 Å². The van der Waals surface area contributed by atoms with Crippen LogP contribution in [0.1, 0.15) is 12.8 Å². The van der Waals surface area contributed by atoms with Crippen LogP contribution >= 0.6 is 0 Å². The van der Waals surface area contributed by atoms with Gasteiger partial charge in [-0.05, 0) is 32.0 Å². The molecule has 0 aliphatic carbocycles. The summed E-state index contributed by atoms with van der Waals surface area (Å²) in [6, 6.07) is 5.34. The van der Waals surface area contributed by atoms with E-state index in [4.69, 9.17) is 4.74 Å². The molecule has 2 heterocycles. The van der Waals surface area contributed by atoms with E-state index in [1.54, 1.807) is 12.1 Å². The first-order valence-corrected chi connectivity index (χ1v) is 7.45. The molecule has 1 aliphatic heterocycles. The predicted molar refractivity (Wildman–Crippen MR) is 84.2 cm³/mol. The van der Waals surface area contributed by atoms with E-state index in [2.05, 4.69) is 9.88 Å². The largest absolute Gasteiger partial charge is 0.496 e. The molecule has 0 radical (unpaired) electrons. The average molecular weight is 303 g/mol. The van der Waals surface area contributed by atoms with Crippen molar-refractivity contribution in [2.75, 3.05) is 27.2 Å². The van der Waals surface area contributed by atoms with Crippen molar-refractivity contribution in [2.24, 2.45) is 0 Å². The SMILES string of the molecule is COc1cccc2ncn(CC3(O)CCN(C)CC3)c(=O)c12. The van der Waals surface area contributed by atoms with Crippen molar-refractivity contribution in [1.29, 1.82) is 0 Å². The summed E-state index contributed by atoms with van der Waals surface area (Å²) in [6.45, 7) is 1.92. The summed E-state index contributed by atoms with van der Waals surface area (Å²) in [5.41, 5.74) is -0.418. The van der Waals surface area contributed by atoms with Gasteiger partial charge in [-0.25, -0.2) is 4.98 Å². The van der Waals surface area contributed by atoms with E-state index in [0.717, 1.165) is 13.1 Å². The van der Waals surface area contributed by atoms with Gasteiger partial charge in [0.25, 0.3) is 5.56 Å². The Kier molecular flexibility index (Phi) is 3.88. The molecule has 1 aliphatic rings. The molecular formula is C16H21N3O3. The number of hydrogen-bond donors (Lipinski definition) is 1. The third-order valence-corrected chi connectivity index (χ3v) is 4.42. The molecule has 1 aromatic heterocycles. The van der Waals surface area contributed by atoms with E-state index >= 15 is 0 Å². The van der Waals surface area contributed by atoms with Crippen LogP contribution in [0.3, 0.4) is 0 Å². The summed E-state index contributed by atoms with van der Waals surface area (Å²) in [5.74, 6) is 0.514. The fourth-order valence-corrected chi connectivity index (χ4v) is 2.96. The number of fused-ring (bicyclic) bond motifs is 1. The van der Waals surface area contributed by atoms with Crippen molar-refractivity contribution < 1.29 is 9.84 Å². The van der Waals surface area contributed by atoms with Gasteiger partial charge in [0.2, 0.25) is 0 Å². The number of hydrogen-bond acceptors (Lipinski definition) is 5. The smallest absolute Gasteiger partial charge is 0.265 e. The molecule has 1 saturated heterocycles. The molecule has 0 bridgehead atoms. The summed E-state index contributed by atoms with van der Waals surface area (Å²) in [6.07, 6.45) is 2.82. The van der Waals surface area contributed by atoms with Crippen LogP contribution in [0, 0.1) is 0 Å². The quantitative estimate of drug-likeness (QED) is 0.911. The lowest BCUT2D eigenvalue weighted by atomic mass is 9.91. The Bertz CT molecular complexity index is 733. The third kappa shape index (κ3) is 2.71. The number of piperidine rings is 1. The Morgan fingerprint density at radius 2 is 2.09 bits per heavy atom. The number of nitrogens with zero attached hydrogens (tertiary/aromatic N) is 3. The lowest BCUT2D eigenvalue weighted by Crippen LogP contribution is -2.47. The van der Waals surface area contributed by atoms with Gasteiger partial charge in [0.15, 0.2) is 0 Å². The van der Waals surface area contributed by atoms with Gasteiger partial charge in [0.05, 0.1) is 31.1 Å². The highest BCUT2D eigenvalue weighted by molar-refractivity contribution is 5.83. The van der Waals surface area contributed by atoms with Crippen molar-refractivity contribution in [2.45, 2.75) is 25.0 Å². The van der Waals surface area contributed by atoms with Crippen molar-refractivity contribution >= 4 is 10.9 Å². The molecule has 0 amide bonds. The maximum Gasteiger partial charge on any atom is 0.265 e. The van der Waals surface area contributed by atoms with Gasteiger partial charge < -0.3 is 14.7 Å². The van der Waals surface area contributed by atoms with Crippen LogP contribution in [-0.4, -0.2) is 52.4 Å². The molecule has 1 aromatic carbocycles. The average Bonchev–Trinajstić information content (AvgIpc) is 2.53. The van der Waals surface area contributed by atoms with Gasteiger partial charge >= 0.3 is 0 Å². The zero-order chi connectivity index (χ0) is 15.7. The Morgan fingerprint density at radius 3 is 2.77 bits per heavy atom. The summed E-state index contributed by atoms with van der Waals surface area (Å²) in [4.78, 5) is 19.2. The number of ether oxygens (including phenoxy) is 1. The Morgan fingerprint density at radius 1 is 1.36 bits per heavy atom. The van der Waals surface area contributed by atoms with Crippen LogP contribution < -0.4 is 10.3 Å². The molecule has 0 atom stereocenters. The van der Waals surface area contributed by atoms with Crippen LogP contribution in [-0.2, 0) is 6.54 Å².